The Morgan fingerprint density at radius 3 is 2.35 bits per heavy atom. The molecule has 0 aromatic heterocycles. The third kappa shape index (κ3) is 2.57. The lowest BCUT2D eigenvalue weighted by atomic mass is 9.94. The smallest absolute Gasteiger partial charge is 0.203 e. The summed E-state index contributed by atoms with van der Waals surface area (Å²) in [6, 6.07) is 9.04. The van der Waals surface area contributed by atoms with Gasteiger partial charge in [0.25, 0.3) is 0 Å². The summed E-state index contributed by atoms with van der Waals surface area (Å²) in [4.78, 5) is 0. The van der Waals surface area contributed by atoms with Crippen LogP contribution in [0.25, 0.3) is 11.1 Å². The molecule has 23 heavy (non-hydrogen) atoms. The van der Waals surface area contributed by atoms with Crippen molar-refractivity contribution in [1.82, 2.24) is 0 Å². The second-order valence-corrected chi connectivity index (χ2v) is 5.09. The SMILES string of the molecule is COc1[c]c2c(cc1)-c1c(cc(OC)c(OC)c1OC)COC2. The quantitative estimate of drug-likeness (QED) is 0.867. The van der Waals surface area contributed by atoms with E-state index >= 15 is 0 Å². The minimum absolute atomic E-state index is 0.453. The number of rotatable bonds is 4. The molecule has 1 aliphatic heterocycles. The van der Waals surface area contributed by atoms with E-state index in [0.717, 1.165) is 22.3 Å². The van der Waals surface area contributed by atoms with E-state index in [1.165, 1.54) is 0 Å². The standard InChI is InChI=1S/C18H19O5/c1-19-13-5-6-14-11(7-13)9-23-10-12-8-15(20-2)17(21-3)18(22-4)16(12)14/h5-6,8H,9-10H2,1-4H3. The van der Waals surface area contributed by atoms with E-state index in [2.05, 4.69) is 6.07 Å². The predicted molar refractivity (Wildman–Crippen MR) is 85.4 cm³/mol. The number of benzene rings is 2. The van der Waals surface area contributed by atoms with Crippen molar-refractivity contribution in [2.45, 2.75) is 13.2 Å². The van der Waals surface area contributed by atoms with Gasteiger partial charge >= 0.3 is 0 Å². The van der Waals surface area contributed by atoms with Gasteiger partial charge in [0.05, 0.1) is 41.7 Å². The first-order valence-corrected chi connectivity index (χ1v) is 7.22. The second-order valence-electron chi connectivity index (χ2n) is 5.09. The molecule has 5 nitrogen and oxygen atoms in total. The Morgan fingerprint density at radius 2 is 1.70 bits per heavy atom. The fourth-order valence-corrected chi connectivity index (χ4v) is 2.86. The van der Waals surface area contributed by atoms with Gasteiger partial charge in [-0.1, -0.05) is 6.07 Å². The van der Waals surface area contributed by atoms with Gasteiger partial charge in [-0.3, -0.25) is 0 Å². The van der Waals surface area contributed by atoms with Crippen LogP contribution in [0.5, 0.6) is 23.0 Å². The average Bonchev–Trinajstić information content (AvgIpc) is 2.78. The summed E-state index contributed by atoms with van der Waals surface area (Å²) in [5.74, 6) is 2.49. The Kier molecular flexibility index (Phi) is 4.30. The summed E-state index contributed by atoms with van der Waals surface area (Å²) in [5, 5.41) is 0. The first-order valence-electron chi connectivity index (χ1n) is 7.22. The topological polar surface area (TPSA) is 46.2 Å². The Morgan fingerprint density at radius 1 is 0.913 bits per heavy atom. The van der Waals surface area contributed by atoms with Crippen molar-refractivity contribution >= 4 is 0 Å². The van der Waals surface area contributed by atoms with E-state index in [1.54, 1.807) is 28.4 Å². The van der Waals surface area contributed by atoms with Gasteiger partial charge in [0.2, 0.25) is 5.75 Å². The van der Waals surface area contributed by atoms with E-state index in [-0.39, 0.29) is 0 Å². The average molecular weight is 315 g/mol. The molecule has 0 N–H and O–H groups in total. The van der Waals surface area contributed by atoms with Crippen LogP contribution in [0, 0.1) is 6.07 Å². The van der Waals surface area contributed by atoms with Crippen molar-refractivity contribution in [2.24, 2.45) is 0 Å². The second kappa shape index (κ2) is 6.38. The first-order chi connectivity index (χ1) is 11.2. The van der Waals surface area contributed by atoms with Crippen LogP contribution in [0.1, 0.15) is 11.1 Å². The first kappa shape index (κ1) is 15.5. The minimum atomic E-state index is 0.453. The van der Waals surface area contributed by atoms with E-state index in [9.17, 15) is 0 Å². The van der Waals surface area contributed by atoms with E-state index in [1.807, 2.05) is 18.2 Å². The van der Waals surface area contributed by atoms with E-state index in [4.69, 9.17) is 23.7 Å². The number of hydrogen-bond acceptors (Lipinski definition) is 5. The molecule has 3 rings (SSSR count). The maximum absolute atomic E-state index is 5.78. The van der Waals surface area contributed by atoms with Gasteiger partial charge < -0.3 is 23.7 Å². The van der Waals surface area contributed by atoms with Gasteiger partial charge in [-0.05, 0) is 28.8 Å². The van der Waals surface area contributed by atoms with Crippen LogP contribution >= 0.6 is 0 Å². The summed E-state index contributed by atoms with van der Waals surface area (Å²) >= 11 is 0. The van der Waals surface area contributed by atoms with Gasteiger partial charge in [-0.15, -0.1) is 0 Å². The third-order valence-electron chi connectivity index (χ3n) is 3.91. The number of ether oxygens (including phenoxy) is 5. The zero-order valence-corrected chi connectivity index (χ0v) is 13.7. The van der Waals surface area contributed by atoms with Gasteiger partial charge in [0, 0.05) is 11.6 Å². The fraction of sp³-hybridized carbons (Fsp3) is 0.333. The predicted octanol–water partition coefficient (Wildman–Crippen LogP) is 3.22. The molecule has 0 unspecified atom stereocenters. The molecule has 0 bridgehead atoms. The molecule has 0 fully saturated rings. The van der Waals surface area contributed by atoms with Crippen molar-refractivity contribution in [3.05, 3.63) is 35.4 Å². The van der Waals surface area contributed by atoms with Crippen LogP contribution < -0.4 is 18.9 Å². The lowest BCUT2D eigenvalue weighted by molar-refractivity contribution is 0.109. The van der Waals surface area contributed by atoms with Crippen LogP contribution in [-0.2, 0) is 18.0 Å². The third-order valence-corrected chi connectivity index (χ3v) is 3.91. The van der Waals surface area contributed by atoms with Crippen molar-refractivity contribution in [2.75, 3.05) is 28.4 Å². The molecule has 0 saturated carbocycles. The fourth-order valence-electron chi connectivity index (χ4n) is 2.86. The summed E-state index contributed by atoms with van der Waals surface area (Å²) in [6.45, 7) is 0.909. The van der Waals surface area contributed by atoms with Crippen molar-refractivity contribution in [3.8, 4) is 34.1 Å². The summed E-state index contributed by atoms with van der Waals surface area (Å²) in [6.07, 6.45) is 0. The molecule has 0 spiro atoms. The van der Waals surface area contributed by atoms with Crippen molar-refractivity contribution < 1.29 is 23.7 Å². The molecule has 1 radical (unpaired) electrons. The molecule has 1 aliphatic rings. The van der Waals surface area contributed by atoms with Gasteiger partial charge in [0.15, 0.2) is 11.5 Å². The maximum atomic E-state index is 5.78. The Hall–Kier alpha value is -2.40. The summed E-state index contributed by atoms with van der Waals surface area (Å²) in [5.41, 5.74) is 3.85. The molecular formula is C18H19O5. The molecule has 1 heterocycles. The van der Waals surface area contributed by atoms with Crippen LogP contribution in [0.2, 0.25) is 0 Å². The molecule has 0 amide bonds. The lowest BCUT2D eigenvalue weighted by Gasteiger charge is -2.19. The zero-order valence-electron chi connectivity index (χ0n) is 13.7. The molecular weight excluding hydrogens is 296 g/mol. The molecule has 0 saturated heterocycles. The Labute approximate surface area is 135 Å². The number of hydrogen-bond donors (Lipinski definition) is 0. The van der Waals surface area contributed by atoms with Crippen LogP contribution in [-0.4, -0.2) is 28.4 Å². The van der Waals surface area contributed by atoms with Crippen LogP contribution in [0.15, 0.2) is 18.2 Å². The van der Waals surface area contributed by atoms with Gasteiger partial charge in [0.1, 0.15) is 5.75 Å². The van der Waals surface area contributed by atoms with E-state index in [0.29, 0.717) is 36.2 Å². The minimum Gasteiger partial charge on any atom is -0.496 e. The van der Waals surface area contributed by atoms with Crippen molar-refractivity contribution in [3.63, 3.8) is 0 Å². The van der Waals surface area contributed by atoms with Crippen LogP contribution in [0.4, 0.5) is 0 Å². The largest absolute Gasteiger partial charge is 0.496 e. The molecule has 0 atom stereocenters. The molecule has 121 valence electrons. The molecule has 5 heteroatoms. The Bertz CT molecular complexity index is 724. The number of fused-ring (bicyclic) bond motifs is 3. The monoisotopic (exact) mass is 315 g/mol. The van der Waals surface area contributed by atoms with Crippen molar-refractivity contribution in [1.29, 1.82) is 0 Å². The maximum Gasteiger partial charge on any atom is 0.203 e. The molecule has 2 aromatic rings. The zero-order chi connectivity index (χ0) is 16.4. The summed E-state index contributed by atoms with van der Waals surface area (Å²) in [7, 11) is 6.45. The highest BCUT2D eigenvalue weighted by atomic mass is 16.5. The molecule has 2 aromatic carbocycles. The highest BCUT2D eigenvalue weighted by Crippen LogP contribution is 2.49. The van der Waals surface area contributed by atoms with Gasteiger partial charge in [-0.25, -0.2) is 0 Å². The van der Waals surface area contributed by atoms with Gasteiger partial charge in [-0.2, -0.15) is 0 Å². The highest BCUT2D eigenvalue weighted by Gasteiger charge is 2.25. The summed E-state index contributed by atoms with van der Waals surface area (Å²) < 4.78 is 27.6. The lowest BCUT2D eigenvalue weighted by Crippen LogP contribution is -2.01. The van der Waals surface area contributed by atoms with Crippen LogP contribution in [0.3, 0.4) is 0 Å². The molecule has 0 aliphatic carbocycles. The Balaban J connectivity index is 2.30. The van der Waals surface area contributed by atoms with E-state index < -0.39 is 0 Å². The number of methoxy groups -OCH3 is 4. The highest BCUT2D eigenvalue weighted by molar-refractivity contribution is 5.82. The normalized spacial score (nSPS) is 12.7.